The molecule has 1 aromatic heterocycles. The monoisotopic (exact) mass is 364 g/mol. The van der Waals surface area contributed by atoms with Gasteiger partial charge in [-0.25, -0.2) is 0 Å². The van der Waals surface area contributed by atoms with Crippen LogP contribution in [-0.2, 0) is 4.79 Å². The molecule has 2 N–H and O–H groups in total. The van der Waals surface area contributed by atoms with Crippen LogP contribution >= 0.6 is 11.3 Å². The predicted octanol–water partition coefficient (Wildman–Crippen LogP) is 2.53. The van der Waals surface area contributed by atoms with Crippen LogP contribution in [0, 0.1) is 0 Å². The van der Waals surface area contributed by atoms with Gasteiger partial charge in [-0.3, -0.25) is 9.59 Å². The molecule has 0 fully saturated rings. The van der Waals surface area contributed by atoms with Gasteiger partial charge in [0, 0.05) is 17.8 Å². The number of carbonyl (C=O) groups is 2. The summed E-state index contributed by atoms with van der Waals surface area (Å²) < 4.78 is 15.7. The number of hydrogen-bond donors (Lipinski definition) is 2. The number of hydrogen-bond acceptors (Lipinski definition) is 6. The lowest BCUT2D eigenvalue weighted by Crippen LogP contribution is -2.41. The Bertz CT molecular complexity index is 720. The summed E-state index contributed by atoms with van der Waals surface area (Å²) in [6.07, 6.45) is 0. The molecule has 25 heavy (non-hydrogen) atoms. The third-order valence-electron chi connectivity index (χ3n) is 3.42. The molecule has 0 bridgehead atoms. The van der Waals surface area contributed by atoms with Gasteiger partial charge in [0.2, 0.25) is 11.7 Å². The molecule has 7 nitrogen and oxygen atoms in total. The van der Waals surface area contributed by atoms with Crippen LogP contribution in [0.2, 0.25) is 0 Å². The molecule has 134 valence electrons. The third-order valence-corrected chi connectivity index (χ3v) is 4.29. The van der Waals surface area contributed by atoms with Gasteiger partial charge >= 0.3 is 0 Å². The van der Waals surface area contributed by atoms with Crippen molar-refractivity contribution in [1.29, 1.82) is 0 Å². The molecule has 0 saturated carbocycles. The highest BCUT2D eigenvalue weighted by atomic mass is 32.1. The van der Waals surface area contributed by atoms with Gasteiger partial charge in [-0.05, 0) is 18.4 Å². The van der Waals surface area contributed by atoms with Crippen molar-refractivity contribution in [1.82, 2.24) is 5.32 Å². The lowest BCUT2D eigenvalue weighted by molar-refractivity contribution is -0.117. The van der Waals surface area contributed by atoms with E-state index in [0.717, 1.165) is 0 Å². The summed E-state index contributed by atoms with van der Waals surface area (Å²) in [4.78, 5) is 24.9. The Morgan fingerprint density at radius 3 is 2.20 bits per heavy atom. The number of anilines is 1. The minimum Gasteiger partial charge on any atom is -0.493 e. The van der Waals surface area contributed by atoms with Gasteiger partial charge in [0.05, 0.1) is 26.2 Å². The molecule has 1 heterocycles. The second kappa shape index (κ2) is 8.39. The average Bonchev–Trinajstić information content (AvgIpc) is 3.15. The Hall–Kier alpha value is -2.74. The highest BCUT2D eigenvalue weighted by Crippen LogP contribution is 2.39. The first kappa shape index (κ1) is 18.6. The Morgan fingerprint density at radius 2 is 1.72 bits per heavy atom. The maximum Gasteiger partial charge on any atom is 0.261 e. The van der Waals surface area contributed by atoms with E-state index in [2.05, 4.69) is 10.6 Å². The normalized spacial score (nSPS) is 11.4. The highest BCUT2D eigenvalue weighted by Gasteiger charge is 2.19. The lowest BCUT2D eigenvalue weighted by atomic mass is 10.2. The summed E-state index contributed by atoms with van der Waals surface area (Å²) in [7, 11) is 4.49. The number of ether oxygens (including phenoxy) is 3. The first-order valence-corrected chi connectivity index (χ1v) is 8.33. The van der Waals surface area contributed by atoms with Gasteiger partial charge in [0.15, 0.2) is 11.5 Å². The van der Waals surface area contributed by atoms with Crippen LogP contribution in [0.3, 0.4) is 0 Å². The van der Waals surface area contributed by atoms with E-state index in [1.54, 1.807) is 36.6 Å². The highest BCUT2D eigenvalue weighted by molar-refractivity contribution is 7.12. The zero-order valence-electron chi connectivity index (χ0n) is 14.4. The Morgan fingerprint density at radius 1 is 1.08 bits per heavy atom. The maximum absolute atomic E-state index is 12.3. The van der Waals surface area contributed by atoms with Gasteiger partial charge in [0.25, 0.3) is 5.91 Å². The van der Waals surface area contributed by atoms with Crippen molar-refractivity contribution in [2.75, 3.05) is 26.6 Å². The molecular formula is C17H20N2O5S. The SMILES string of the molecule is COc1cc(NC(=O)C(C)NC(=O)c2cccs2)cc(OC)c1OC. The van der Waals surface area contributed by atoms with E-state index in [1.807, 2.05) is 0 Å². The first-order valence-electron chi connectivity index (χ1n) is 7.45. The Labute approximate surface area is 149 Å². The van der Waals surface area contributed by atoms with E-state index < -0.39 is 6.04 Å². The molecule has 1 aromatic carbocycles. The summed E-state index contributed by atoms with van der Waals surface area (Å²) in [5.41, 5.74) is 0.469. The summed E-state index contributed by atoms with van der Waals surface area (Å²) in [6, 6.07) is 6.00. The number of rotatable bonds is 7. The van der Waals surface area contributed by atoms with E-state index in [9.17, 15) is 9.59 Å². The zero-order chi connectivity index (χ0) is 18.4. The van der Waals surface area contributed by atoms with E-state index >= 15 is 0 Å². The van der Waals surface area contributed by atoms with Crippen molar-refractivity contribution in [2.45, 2.75) is 13.0 Å². The molecule has 0 saturated heterocycles. The van der Waals surface area contributed by atoms with E-state index in [0.29, 0.717) is 27.8 Å². The lowest BCUT2D eigenvalue weighted by Gasteiger charge is -2.17. The fourth-order valence-electron chi connectivity index (χ4n) is 2.14. The average molecular weight is 364 g/mol. The fourth-order valence-corrected chi connectivity index (χ4v) is 2.77. The molecule has 8 heteroatoms. The molecule has 0 spiro atoms. The molecule has 1 unspecified atom stereocenters. The van der Waals surface area contributed by atoms with Crippen molar-refractivity contribution in [3.63, 3.8) is 0 Å². The number of nitrogens with one attached hydrogen (secondary N) is 2. The number of benzene rings is 1. The van der Waals surface area contributed by atoms with Gasteiger partial charge in [0.1, 0.15) is 6.04 Å². The summed E-state index contributed by atoms with van der Waals surface area (Å²) in [6.45, 7) is 1.61. The predicted molar refractivity (Wildman–Crippen MR) is 96.0 cm³/mol. The molecule has 2 rings (SSSR count). The molecule has 2 aromatic rings. The second-order valence-electron chi connectivity index (χ2n) is 5.08. The minimum absolute atomic E-state index is 0.289. The van der Waals surface area contributed by atoms with Crippen molar-refractivity contribution in [2.24, 2.45) is 0 Å². The van der Waals surface area contributed by atoms with Crippen molar-refractivity contribution in [3.8, 4) is 17.2 Å². The summed E-state index contributed by atoms with van der Waals surface area (Å²) in [5.74, 6) is 0.628. The largest absolute Gasteiger partial charge is 0.493 e. The number of thiophene rings is 1. The molecular weight excluding hydrogens is 344 g/mol. The van der Waals surface area contributed by atoms with E-state index in [1.165, 1.54) is 32.7 Å². The maximum atomic E-state index is 12.3. The summed E-state index contributed by atoms with van der Waals surface area (Å²) in [5, 5.41) is 7.18. The molecule has 2 amide bonds. The molecule has 0 radical (unpaired) electrons. The standard InChI is InChI=1S/C17H20N2O5S/c1-10(18-17(21)14-6-5-7-25-14)16(20)19-11-8-12(22-2)15(24-4)13(9-11)23-3/h5-10H,1-4H3,(H,18,21)(H,19,20). The van der Waals surface area contributed by atoms with Gasteiger partial charge < -0.3 is 24.8 Å². The zero-order valence-corrected chi connectivity index (χ0v) is 15.2. The molecule has 0 aliphatic rings. The van der Waals surface area contributed by atoms with Crippen molar-refractivity contribution >= 4 is 28.8 Å². The fraction of sp³-hybridized carbons (Fsp3) is 0.294. The van der Waals surface area contributed by atoms with Crippen LogP contribution in [0.15, 0.2) is 29.6 Å². The van der Waals surface area contributed by atoms with Crippen LogP contribution in [-0.4, -0.2) is 39.2 Å². The van der Waals surface area contributed by atoms with Crippen LogP contribution in [0.5, 0.6) is 17.2 Å². The first-order chi connectivity index (χ1) is 12.0. The second-order valence-corrected chi connectivity index (χ2v) is 6.02. The number of methoxy groups -OCH3 is 3. The van der Waals surface area contributed by atoms with Gasteiger partial charge in [-0.1, -0.05) is 6.07 Å². The van der Waals surface area contributed by atoms with Crippen molar-refractivity contribution < 1.29 is 23.8 Å². The van der Waals surface area contributed by atoms with Crippen LogP contribution in [0.4, 0.5) is 5.69 Å². The van der Waals surface area contributed by atoms with E-state index in [4.69, 9.17) is 14.2 Å². The van der Waals surface area contributed by atoms with Gasteiger partial charge in [-0.15, -0.1) is 11.3 Å². The summed E-state index contributed by atoms with van der Waals surface area (Å²) >= 11 is 1.31. The molecule has 0 aliphatic heterocycles. The van der Waals surface area contributed by atoms with E-state index in [-0.39, 0.29) is 11.8 Å². The van der Waals surface area contributed by atoms with Crippen LogP contribution in [0.1, 0.15) is 16.6 Å². The van der Waals surface area contributed by atoms with Crippen LogP contribution < -0.4 is 24.8 Å². The third kappa shape index (κ3) is 4.42. The topological polar surface area (TPSA) is 85.9 Å². The van der Waals surface area contributed by atoms with Crippen molar-refractivity contribution in [3.05, 3.63) is 34.5 Å². The number of carbonyl (C=O) groups excluding carboxylic acids is 2. The Kier molecular flexibility index (Phi) is 6.24. The molecule has 0 aliphatic carbocycles. The number of amides is 2. The molecule has 1 atom stereocenters. The van der Waals surface area contributed by atoms with Gasteiger partial charge in [-0.2, -0.15) is 0 Å². The minimum atomic E-state index is -0.714. The Balaban J connectivity index is 2.10. The quantitative estimate of drug-likeness (QED) is 0.788. The smallest absolute Gasteiger partial charge is 0.261 e. The van der Waals surface area contributed by atoms with Crippen LogP contribution in [0.25, 0.3) is 0 Å².